The van der Waals surface area contributed by atoms with Crippen LogP contribution in [0, 0.1) is 6.92 Å². The van der Waals surface area contributed by atoms with Crippen molar-refractivity contribution in [2.75, 3.05) is 11.9 Å². The summed E-state index contributed by atoms with van der Waals surface area (Å²) >= 11 is 0. The zero-order valence-corrected chi connectivity index (χ0v) is 19.9. The number of anilines is 1. The van der Waals surface area contributed by atoms with Crippen molar-refractivity contribution in [3.63, 3.8) is 0 Å². The van der Waals surface area contributed by atoms with E-state index >= 15 is 0 Å². The molecule has 0 saturated carbocycles. The molecule has 1 N–H and O–H groups in total. The van der Waals surface area contributed by atoms with Crippen molar-refractivity contribution < 1.29 is 17.9 Å². The predicted molar refractivity (Wildman–Crippen MR) is 129 cm³/mol. The summed E-state index contributed by atoms with van der Waals surface area (Å²) in [6.45, 7) is 6.53. The molecule has 0 atom stereocenters. The van der Waals surface area contributed by atoms with Gasteiger partial charge in [-0.25, -0.2) is 8.42 Å². The number of rotatable bonds is 6. The molecule has 0 unspecified atom stereocenters. The van der Waals surface area contributed by atoms with Crippen LogP contribution in [0.4, 0.5) is 5.69 Å². The van der Waals surface area contributed by atoms with E-state index in [1.807, 2.05) is 39.0 Å². The van der Waals surface area contributed by atoms with Gasteiger partial charge in [0, 0.05) is 24.3 Å². The minimum absolute atomic E-state index is 0.0644. The Morgan fingerprint density at radius 2 is 1.67 bits per heavy atom. The molecule has 0 spiro atoms. The molecule has 6 nitrogen and oxygen atoms in total. The fraction of sp³-hybridized carbons (Fsp3) is 0.269. The number of carbonyl (C=O) groups excluding carboxylic acids is 1. The molecule has 33 heavy (non-hydrogen) atoms. The van der Waals surface area contributed by atoms with Gasteiger partial charge in [0.1, 0.15) is 5.75 Å². The Balaban J connectivity index is 1.48. The van der Waals surface area contributed by atoms with Crippen molar-refractivity contribution in [1.29, 1.82) is 0 Å². The van der Waals surface area contributed by atoms with Gasteiger partial charge in [-0.05, 0) is 86.8 Å². The van der Waals surface area contributed by atoms with E-state index in [4.69, 9.17) is 4.74 Å². The SMILES string of the molecule is Cc1ccc(S(=O)(=O)N2CCc3ccc(NC(=O)c4ccc(OC(C)C)cc4)cc3C2)cc1. The molecule has 7 heteroatoms. The van der Waals surface area contributed by atoms with Gasteiger partial charge in [0.2, 0.25) is 10.0 Å². The maximum absolute atomic E-state index is 13.1. The van der Waals surface area contributed by atoms with Gasteiger partial charge in [0.05, 0.1) is 11.0 Å². The number of hydrogen-bond donors (Lipinski definition) is 1. The van der Waals surface area contributed by atoms with Crippen LogP contribution in [0.2, 0.25) is 0 Å². The second kappa shape index (κ2) is 9.37. The van der Waals surface area contributed by atoms with Gasteiger partial charge in [-0.15, -0.1) is 0 Å². The lowest BCUT2D eigenvalue weighted by molar-refractivity contribution is 0.102. The van der Waals surface area contributed by atoms with Crippen LogP contribution in [-0.4, -0.2) is 31.3 Å². The van der Waals surface area contributed by atoms with Crippen LogP contribution in [-0.2, 0) is 23.0 Å². The van der Waals surface area contributed by atoms with E-state index in [0.717, 1.165) is 16.7 Å². The van der Waals surface area contributed by atoms with Gasteiger partial charge in [0.15, 0.2) is 0 Å². The Hall–Kier alpha value is -3.16. The fourth-order valence-electron chi connectivity index (χ4n) is 3.83. The second-order valence-electron chi connectivity index (χ2n) is 8.53. The number of aryl methyl sites for hydroxylation is 1. The average molecular weight is 465 g/mol. The molecule has 1 amide bonds. The quantitative estimate of drug-likeness (QED) is 0.570. The Morgan fingerprint density at radius 1 is 0.970 bits per heavy atom. The van der Waals surface area contributed by atoms with E-state index in [1.54, 1.807) is 48.5 Å². The number of carbonyl (C=O) groups is 1. The maximum Gasteiger partial charge on any atom is 0.255 e. The number of benzene rings is 3. The number of ether oxygens (including phenoxy) is 1. The van der Waals surface area contributed by atoms with E-state index in [0.29, 0.717) is 34.9 Å². The van der Waals surface area contributed by atoms with Crippen LogP contribution >= 0.6 is 0 Å². The summed E-state index contributed by atoms with van der Waals surface area (Å²) in [4.78, 5) is 13.0. The van der Waals surface area contributed by atoms with Crippen molar-refractivity contribution in [1.82, 2.24) is 4.31 Å². The summed E-state index contributed by atoms with van der Waals surface area (Å²) in [6, 6.07) is 19.6. The molecule has 3 aromatic rings. The molecule has 3 aromatic carbocycles. The molecule has 0 bridgehead atoms. The van der Waals surface area contributed by atoms with E-state index in [-0.39, 0.29) is 18.6 Å². The number of fused-ring (bicyclic) bond motifs is 1. The number of nitrogens with one attached hydrogen (secondary N) is 1. The van der Waals surface area contributed by atoms with Gasteiger partial charge >= 0.3 is 0 Å². The van der Waals surface area contributed by atoms with Gasteiger partial charge in [-0.2, -0.15) is 4.31 Å². The number of amides is 1. The largest absolute Gasteiger partial charge is 0.491 e. The van der Waals surface area contributed by atoms with Crippen LogP contribution in [0.15, 0.2) is 71.6 Å². The van der Waals surface area contributed by atoms with E-state index < -0.39 is 10.0 Å². The Bertz CT molecular complexity index is 1250. The summed E-state index contributed by atoms with van der Waals surface area (Å²) in [5, 5.41) is 2.91. The van der Waals surface area contributed by atoms with E-state index in [2.05, 4.69) is 5.32 Å². The highest BCUT2D eigenvalue weighted by molar-refractivity contribution is 7.89. The molecule has 0 fully saturated rings. The molecule has 4 rings (SSSR count). The molecular weight excluding hydrogens is 436 g/mol. The van der Waals surface area contributed by atoms with E-state index in [9.17, 15) is 13.2 Å². The van der Waals surface area contributed by atoms with Gasteiger partial charge in [0.25, 0.3) is 5.91 Å². The smallest absolute Gasteiger partial charge is 0.255 e. The number of sulfonamides is 1. The standard InChI is InChI=1S/C26H28N2O4S/c1-18(2)32-24-10-7-21(8-11-24)26(29)27-23-9-6-20-14-15-28(17-22(20)16-23)33(30,31)25-12-4-19(3)5-13-25/h4-13,16,18H,14-15,17H2,1-3H3,(H,27,29). The third kappa shape index (κ3) is 5.26. The summed E-state index contributed by atoms with van der Waals surface area (Å²) in [6.07, 6.45) is 0.695. The van der Waals surface area contributed by atoms with E-state index in [1.165, 1.54) is 4.31 Å². The molecule has 1 aliphatic rings. The van der Waals surface area contributed by atoms with Crippen LogP contribution in [0.25, 0.3) is 0 Å². The minimum Gasteiger partial charge on any atom is -0.491 e. The first-order valence-corrected chi connectivity index (χ1v) is 12.4. The van der Waals surface area contributed by atoms with Crippen molar-refractivity contribution >= 4 is 21.6 Å². The monoisotopic (exact) mass is 464 g/mol. The first kappa shape index (κ1) is 23.0. The predicted octanol–water partition coefficient (Wildman–Crippen LogP) is 4.78. The Labute approximate surface area is 195 Å². The molecule has 0 radical (unpaired) electrons. The lowest BCUT2D eigenvalue weighted by Gasteiger charge is -2.28. The lowest BCUT2D eigenvalue weighted by Crippen LogP contribution is -2.36. The minimum atomic E-state index is -3.58. The summed E-state index contributed by atoms with van der Waals surface area (Å²) < 4.78 is 33.3. The third-order valence-electron chi connectivity index (χ3n) is 5.59. The molecular formula is C26H28N2O4S. The molecule has 0 saturated heterocycles. The van der Waals surface area contributed by atoms with Crippen LogP contribution < -0.4 is 10.1 Å². The summed E-state index contributed by atoms with van der Waals surface area (Å²) in [7, 11) is -3.58. The first-order valence-electron chi connectivity index (χ1n) is 11.0. The Morgan fingerprint density at radius 3 is 2.33 bits per heavy atom. The second-order valence-corrected chi connectivity index (χ2v) is 10.5. The molecule has 1 heterocycles. The highest BCUT2D eigenvalue weighted by Gasteiger charge is 2.28. The van der Waals surface area contributed by atoms with Crippen molar-refractivity contribution in [2.45, 2.75) is 44.7 Å². The number of hydrogen-bond acceptors (Lipinski definition) is 4. The zero-order valence-electron chi connectivity index (χ0n) is 19.0. The molecule has 172 valence electrons. The van der Waals surface area contributed by atoms with Gasteiger partial charge in [-0.1, -0.05) is 23.8 Å². The van der Waals surface area contributed by atoms with Crippen LogP contribution in [0.1, 0.15) is 40.9 Å². The van der Waals surface area contributed by atoms with Crippen molar-refractivity contribution in [2.24, 2.45) is 0 Å². The molecule has 0 aliphatic carbocycles. The summed E-state index contributed by atoms with van der Waals surface area (Å²) in [5.41, 5.74) is 4.16. The highest BCUT2D eigenvalue weighted by Crippen LogP contribution is 2.27. The number of nitrogens with zero attached hydrogens (tertiary/aromatic N) is 1. The zero-order chi connectivity index (χ0) is 23.6. The third-order valence-corrected chi connectivity index (χ3v) is 7.45. The summed E-state index contributed by atoms with van der Waals surface area (Å²) in [5.74, 6) is 0.483. The molecule has 1 aliphatic heterocycles. The first-order chi connectivity index (χ1) is 15.7. The molecule has 0 aromatic heterocycles. The maximum atomic E-state index is 13.1. The fourth-order valence-corrected chi connectivity index (χ4v) is 5.25. The van der Waals surface area contributed by atoms with Gasteiger partial charge in [-0.3, -0.25) is 4.79 Å². The lowest BCUT2D eigenvalue weighted by atomic mass is 10.0. The van der Waals surface area contributed by atoms with Crippen molar-refractivity contribution in [3.8, 4) is 5.75 Å². The highest BCUT2D eigenvalue weighted by atomic mass is 32.2. The normalized spacial score (nSPS) is 14.1. The van der Waals surface area contributed by atoms with Gasteiger partial charge < -0.3 is 10.1 Å². The van der Waals surface area contributed by atoms with Crippen LogP contribution in [0.3, 0.4) is 0 Å². The van der Waals surface area contributed by atoms with Crippen LogP contribution in [0.5, 0.6) is 5.75 Å². The van der Waals surface area contributed by atoms with Crippen molar-refractivity contribution in [3.05, 3.63) is 89.0 Å². The topological polar surface area (TPSA) is 75.7 Å². The average Bonchev–Trinajstić information content (AvgIpc) is 2.79. The Kier molecular flexibility index (Phi) is 6.54.